The lowest BCUT2D eigenvalue weighted by Gasteiger charge is -2.23. The van der Waals surface area contributed by atoms with E-state index in [1.807, 2.05) is 4.90 Å². The summed E-state index contributed by atoms with van der Waals surface area (Å²) in [6, 6.07) is -0.502. The third-order valence-electron chi connectivity index (χ3n) is 2.49. The molecule has 0 saturated carbocycles. The Bertz CT molecular complexity index is 164. The Morgan fingerprint density at radius 3 is 2.23 bits per heavy atom. The molecule has 0 bridgehead atoms. The summed E-state index contributed by atoms with van der Waals surface area (Å²) < 4.78 is 0. The maximum absolute atomic E-state index is 11.6. The number of carbonyl (C=O) groups is 1. The van der Waals surface area contributed by atoms with Crippen LogP contribution in [0, 0.1) is 0 Å². The molecule has 0 aromatic carbocycles. The standard InChI is InChI=1S/C9H19N3O/c10-7-8(11)9(13)12-5-3-1-2-4-6-12/h8H,1-7,10-11H2/t8-/m0/s1. The fourth-order valence-corrected chi connectivity index (χ4v) is 1.63. The third kappa shape index (κ3) is 2.97. The number of hydrogen-bond donors (Lipinski definition) is 2. The molecule has 0 aromatic heterocycles. The zero-order valence-electron chi connectivity index (χ0n) is 8.04. The average Bonchev–Trinajstić information content (AvgIpc) is 2.43. The highest BCUT2D eigenvalue weighted by Crippen LogP contribution is 2.10. The van der Waals surface area contributed by atoms with E-state index in [0.717, 1.165) is 25.9 Å². The van der Waals surface area contributed by atoms with Crippen molar-refractivity contribution in [2.75, 3.05) is 19.6 Å². The zero-order chi connectivity index (χ0) is 9.68. The highest BCUT2D eigenvalue weighted by molar-refractivity contribution is 5.81. The topological polar surface area (TPSA) is 72.3 Å². The molecular formula is C9H19N3O. The Kier molecular flexibility index (Phi) is 4.18. The summed E-state index contributed by atoms with van der Waals surface area (Å²) in [5.41, 5.74) is 10.9. The van der Waals surface area contributed by atoms with Crippen LogP contribution >= 0.6 is 0 Å². The van der Waals surface area contributed by atoms with Crippen molar-refractivity contribution in [1.29, 1.82) is 0 Å². The molecule has 1 saturated heterocycles. The molecule has 1 rings (SSSR count). The minimum absolute atomic E-state index is 0.0180. The highest BCUT2D eigenvalue weighted by Gasteiger charge is 2.20. The Morgan fingerprint density at radius 1 is 1.23 bits per heavy atom. The fourth-order valence-electron chi connectivity index (χ4n) is 1.63. The molecule has 13 heavy (non-hydrogen) atoms. The van der Waals surface area contributed by atoms with Crippen molar-refractivity contribution in [1.82, 2.24) is 4.90 Å². The van der Waals surface area contributed by atoms with E-state index in [4.69, 9.17) is 11.5 Å². The molecule has 0 spiro atoms. The number of amides is 1. The molecule has 4 nitrogen and oxygen atoms in total. The van der Waals surface area contributed by atoms with E-state index in [2.05, 4.69) is 0 Å². The van der Waals surface area contributed by atoms with Gasteiger partial charge >= 0.3 is 0 Å². The van der Waals surface area contributed by atoms with Gasteiger partial charge in [0.25, 0.3) is 0 Å². The lowest BCUT2D eigenvalue weighted by molar-refractivity contribution is -0.132. The molecule has 1 heterocycles. The van der Waals surface area contributed by atoms with Crippen molar-refractivity contribution in [2.24, 2.45) is 11.5 Å². The molecule has 76 valence electrons. The van der Waals surface area contributed by atoms with Gasteiger partial charge in [0, 0.05) is 19.6 Å². The minimum Gasteiger partial charge on any atom is -0.341 e. The van der Waals surface area contributed by atoms with Gasteiger partial charge in [-0.1, -0.05) is 12.8 Å². The summed E-state index contributed by atoms with van der Waals surface area (Å²) >= 11 is 0. The molecule has 4 N–H and O–H groups in total. The third-order valence-corrected chi connectivity index (χ3v) is 2.49. The Hall–Kier alpha value is -0.610. The summed E-state index contributed by atoms with van der Waals surface area (Å²) in [6.45, 7) is 1.95. The largest absolute Gasteiger partial charge is 0.341 e. The first-order valence-electron chi connectivity index (χ1n) is 5.00. The predicted molar refractivity (Wildman–Crippen MR) is 52.1 cm³/mol. The molecular weight excluding hydrogens is 166 g/mol. The van der Waals surface area contributed by atoms with Gasteiger partial charge in [-0.25, -0.2) is 0 Å². The van der Waals surface area contributed by atoms with E-state index < -0.39 is 6.04 Å². The molecule has 1 atom stereocenters. The second-order valence-corrected chi connectivity index (χ2v) is 3.58. The minimum atomic E-state index is -0.502. The smallest absolute Gasteiger partial charge is 0.240 e. The van der Waals surface area contributed by atoms with Crippen LogP contribution in [0.1, 0.15) is 25.7 Å². The maximum atomic E-state index is 11.6. The Balaban J connectivity index is 2.43. The fraction of sp³-hybridized carbons (Fsp3) is 0.889. The van der Waals surface area contributed by atoms with Crippen LogP contribution in [0.25, 0.3) is 0 Å². The van der Waals surface area contributed by atoms with Gasteiger partial charge in [-0.15, -0.1) is 0 Å². The number of hydrogen-bond acceptors (Lipinski definition) is 3. The van der Waals surface area contributed by atoms with Crippen LogP contribution in [0.3, 0.4) is 0 Å². The molecule has 0 aromatic rings. The van der Waals surface area contributed by atoms with Crippen LogP contribution < -0.4 is 11.5 Å². The van der Waals surface area contributed by atoms with Gasteiger partial charge in [0.2, 0.25) is 5.91 Å². The van der Waals surface area contributed by atoms with Gasteiger partial charge in [0.1, 0.15) is 0 Å². The number of nitrogens with zero attached hydrogens (tertiary/aromatic N) is 1. The van der Waals surface area contributed by atoms with E-state index in [1.54, 1.807) is 0 Å². The Labute approximate surface area is 79.3 Å². The maximum Gasteiger partial charge on any atom is 0.240 e. The van der Waals surface area contributed by atoms with Gasteiger partial charge in [-0.05, 0) is 12.8 Å². The van der Waals surface area contributed by atoms with Crippen molar-refractivity contribution in [3.63, 3.8) is 0 Å². The lowest BCUT2D eigenvalue weighted by atomic mass is 10.2. The van der Waals surface area contributed by atoms with Crippen molar-refractivity contribution >= 4 is 5.91 Å². The predicted octanol–water partition coefficient (Wildman–Crippen LogP) is -0.325. The van der Waals surface area contributed by atoms with Crippen LogP contribution in [0.5, 0.6) is 0 Å². The molecule has 1 aliphatic rings. The number of carbonyl (C=O) groups excluding carboxylic acids is 1. The van der Waals surface area contributed by atoms with Crippen LogP contribution in [0.4, 0.5) is 0 Å². The average molecular weight is 185 g/mol. The number of rotatable bonds is 2. The molecule has 4 heteroatoms. The van der Waals surface area contributed by atoms with E-state index >= 15 is 0 Å². The molecule has 1 fully saturated rings. The molecule has 0 unspecified atom stereocenters. The second kappa shape index (κ2) is 5.19. The molecule has 0 aliphatic carbocycles. The number of nitrogens with two attached hydrogens (primary N) is 2. The van der Waals surface area contributed by atoms with Crippen molar-refractivity contribution in [3.8, 4) is 0 Å². The summed E-state index contributed by atoms with van der Waals surface area (Å²) in [6.07, 6.45) is 4.65. The summed E-state index contributed by atoms with van der Waals surface area (Å²) in [4.78, 5) is 13.5. The van der Waals surface area contributed by atoms with E-state index in [9.17, 15) is 4.79 Å². The van der Waals surface area contributed by atoms with Crippen LogP contribution in [0.15, 0.2) is 0 Å². The monoisotopic (exact) mass is 185 g/mol. The SMILES string of the molecule is NC[C@H](N)C(=O)N1CCCCCC1. The van der Waals surface area contributed by atoms with Crippen molar-refractivity contribution < 1.29 is 4.79 Å². The van der Waals surface area contributed by atoms with Crippen LogP contribution in [-0.2, 0) is 4.79 Å². The number of likely N-dealkylation sites (tertiary alicyclic amines) is 1. The summed E-state index contributed by atoms with van der Waals surface area (Å²) in [5.74, 6) is 0.0180. The van der Waals surface area contributed by atoms with Crippen LogP contribution in [-0.4, -0.2) is 36.5 Å². The first kappa shape index (κ1) is 10.5. The second-order valence-electron chi connectivity index (χ2n) is 3.58. The lowest BCUT2D eigenvalue weighted by Crippen LogP contribution is -2.47. The Morgan fingerprint density at radius 2 is 1.77 bits per heavy atom. The van der Waals surface area contributed by atoms with Crippen molar-refractivity contribution in [3.05, 3.63) is 0 Å². The van der Waals surface area contributed by atoms with E-state index in [0.29, 0.717) is 0 Å². The zero-order valence-corrected chi connectivity index (χ0v) is 8.04. The van der Waals surface area contributed by atoms with Gasteiger partial charge in [-0.2, -0.15) is 0 Å². The normalized spacial score (nSPS) is 20.9. The van der Waals surface area contributed by atoms with Crippen molar-refractivity contribution in [2.45, 2.75) is 31.7 Å². The molecule has 0 radical (unpaired) electrons. The van der Waals surface area contributed by atoms with Gasteiger partial charge in [0.15, 0.2) is 0 Å². The van der Waals surface area contributed by atoms with Crippen LogP contribution in [0.2, 0.25) is 0 Å². The summed E-state index contributed by atoms with van der Waals surface area (Å²) in [7, 11) is 0. The van der Waals surface area contributed by atoms with E-state index in [-0.39, 0.29) is 12.5 Å². The van der Waals surface area contributed by atoms with Gasteiger partial charge < -0.3 is 16.4 Å². The van der Waals surface area contributed by atoms with Gasteiger partial charge in [-0.3, -0.25) is 4.79 Å². The molecule has 1 aliphatic heterocycles. The van der Waals surface area contributed by atoms with E-state index in [1.165, 1.54) is 12.8 Å². The highest BCUT2D eigenvalue weighted by atomic mass is 16.2. The summed E-state index contributed by atoms with van der Waals surface area (Å²) in [5, 5.41) is 0. The quantitative estimate of drug-likeness (QED) is 0.619. The molecule has 1 amide bonds. The first-order chi connectivity index (χ1) is 6.25. The first-order valence-corrected chi connectivity index (χ1v) is 5.00. The van der Waals surface area contributed by atoms with Gasteiger partial charge in [0.05, 0.1) is 6.04 Å².